The monoisotopic (exact) mass is 400 g/mol. The van der Waals surface area contributed by atoms with Crippen LogP contribution in [-0.4, -0.2) is 24.9 Å². The molecule has 0 amide bonds. The molecule has 0 saturated heterocycles. The first kappa shape index (κ1) is 18.6. The molecule has 5 heteroatoms. The molecule has 0 bridgehead atoms. The molecule has 0 N–H and O–H groups in total. The highest BCUT2D eigenvalue weighted by molar-refractivity contribution is 6.02. The molecular weight excluding hydrogens is 376 g/mol. The van der Waals surface area contributed by atoms with E-state index in [0.29, 0.717) is 11.5 Å². The lowest BCUT2D eigenvalue weighted by Crippen LogP contribution is -2.33. The predicted octanol–water partition coefficient (Wildman–Crippen LogP) is 5.25. The Kier molecular flexibility index (Phi) is 4.58. The smallest absolute Gasteiger partial charge is 0.214 e. The lowest BCUT2D eigenvalue weighted by atomic mass is 9.95. The van der Waals surface area contributed by atoms with Crippen molar-refractivity contribution in [2.45, 2.75) is 25.6 Å². The molecule has 0 aromatic heterocycles. The van der Waals surface area contributed by atoms with Crippen LogP contribution in [0.3, 0.4) is 0 Å². The van der Waals surface area contributed by atoms with Gasteiger partial charge in [0.15, 0.2) is 11.5 Å². The van der Waals surface area contributed by atoms with E-state index in [0.717, 1.165) is 29.0 Å². The van der Waals surface area contributed by atoms with Crippen LogP contribution in [-0.2, 0) is 0 Å². The molecule has 3 aromatic rings. The van der Waals surface area contributed by atoms with E-state index < -0.39 is 0 Å². The van der Waals surface area contributed by atoms with Gasteiger partial charge in [0.2, 0.25) is 6.23 Å². The first-order valence-corrected chi connectivity index (χ1v) is 10.1. The maximum Gasteiger partial charge on any atom is 0.214 e. The van der Waals surface area contributed by atoms with E-state index in [9.17, 15) is 0 Å². The summed E-state index contributed by atoms with van der Waals surface area (Å²) in [6.07, 6.45) is 0.500. The Morgan fingerprint density at radius 3 is 2.57 bits per heavy atom. The zero-order valence-electron chi connectivity index (χ0n) is 17.3. The van der Waals surface area contributed by atoms with Crippen molar-refractivity contribution in [2.75, 3.05) is 14.2 Å². The van der Waals surface area contributed by atoms with Gasteiger partial charge in [0.1, 0.15) is 5.75 Å². The van der Waals surface area contributed by atoms with E-state index in [2.05, 4.69) is 48.3 Å². The average molecular weight is 400 g/mol. The molecule has 5 rings (SSSR count). The summed E-state index contributed by atoms with van der Waals surface area (Å²) in [4.78, 5) is 0. The van der Waals surface area contributed by atoms with Gasteiger partial charge in [0.25, 0.3) is 0 Å². The second kappa shape index (κ2) is 7.41. The highest BCUT2D eigenvalue weighted by Gasteiger charge is 2.41. The standard InChI is InChI=1S/C25H24N2O3/c1-16-7-6-8-17(13-16)20-15-21-19-9-4-5-10-22(19)30-25(27(21)26-20)18-11-12-23(28-2)24(14-18)29-3/h4-14,21,25H,15H2,1-3H3/t21-,25-/m1/s1. The van der Waals surface area contributed by atoms with Gasteiger partial charge in [0, 0.05) is 17.5 Å². The minimum absolute atomic E-state index is 0.128. The summed E-state index contributed by atoms with van der Waals surface area (Å²) in [5.74, 6) is 2.27. The van der Waals surface area contributed by atoms with Crippen LogP contribution in [0.2, 0.25) is 0 Å². The molecule has 0 saturated carbocycles. The number of methoxy groups -OCH3 is 2. The predicted molar refractivity (Wildman–Crippen MR) is 116 cm³/mol. The second-order valence-corrected chi connectivity index (χ2v) is 7.64. The van der Waals surface area contributed by atoms with Crippen LogP contribution in [0.4, 0.5) is 0 Å². The molecule has 0 unspecified atom stereocenters. The summed E-state index contributed by atoms with van der Waals surface area (Å²) in [7, 11) is 3.28. The molecule has 5 nitrogen and oxygen atoms in total. The van der Waals surface area contributed by atoms with Crippen LogP contribution in [0.1, 0.15) is 40.9 Å². The fourth-order valence-corrected chi connectivity index (χ4v) is 4.26. The highest BCUT2D eigenvalue weighted by Crippen LogP contribution is 2.48. The molecule has 152 valence electrons. The third-order valence-electron chi connectivity index (χ3n) is 5.74. The van der Waals surface area contributed by atoms with Gasteiger partial charge in [-0.15, -0.1) is 0 Å². The van der Waals surface area contributed by atoms with Gasteiger partial charge in [-0.3, -0.25) is 0 Å². The number of hydrogen-bond acceptors (Lipinski definition) is 5. The van der Waals surface area contributed by atoms with Gasteiger partial charge in [-0.1, -0.05) is 48.0 Å². The van der Waals surface area contributed by atoms with Crippen LogP contribution in [0.15, 0.2) is 71.8 Å². The van der Waals surface area contributed by atoms with E-state index in [1.165, 1.54) is 11.1 Å². The van der Waals surface area contributed by atoms with Crippen molar-refractivity contribution in [3.05, 3.63) is 89.0 Å². The number of nitrogens with zero attached hydrogens (tertiary/aromatic N) is 2. The molecular formula is C25H24N2O3. The second-order valence-electron chi connectivity index (χ2n) is 7.64. The van der Waals surface area contributed by atoms with Gasteiger partial charge in [-0.2, -0.15) is 5.10 Å². The topological polar surface area (TPSA) is 43.3 Å². The number of fused-ring (bicyclic) bond motifs is 3. The molecule has 2 heterocycles. The fourth-order valence-electron chi connectivity index (χ4n) is 4.26. The SMILES string of the molecule is COc1ccc([C@H]2Oc3ccccc3[C@H]3CC(c4cccc(C)c4)=NN32)cc1OC. The minimum Gasteiger partial charge on any atom is -0.493 e. The van der Waals surface area contributed by atoms with Gasteiger partial charge in [-0.05, 0) is 36.8 Å². The third-order valence-corrected chi connectivity index (χ3v) is 5.74. The number of rotatable bonds is 4. The quantitative estimate of drug-likeness (QED) is 0.600. The van der Waals surface area contributed by atoms with Crippen LogP contribution in [0.25, 0.3) is 0 Å². The first-order chi connectivity index (χ1) is 14.7. The largest absolute Gasteiger partial charge is 0.493 e. The molecule has 0 fully saturated rings. The molecule has 3 aromatic carbocycles. The van der Waals surface area contributed by atoms with Crippen LogP contribution >= 0.6 is 0 Å². The lowest BCUT2D eigenvalue weighted by Gasteiger charge is -2.38. The summed E-state index contributed by atoms with van der Waals surface area (Å²) < 4.78 is 17.4. The van der Waals surface area contributed by atoms with E-state index in [1.807, 2.05) is 30.3 Å². The average Bonchev–Trinajstić information content (AvgIpc) is 3.24. The summed E-state index contributed by atoms with van der Waals surface area (Å²) in [6.45, 7) is 2.11. The molecule has 30 heavy (non-hydrogen) atoms. The van der Waals surface area contributed by atoms with Gasteiger partial charge in [0.05, 0.1) is 26.0 Å². The molecule has 2 aliphatic rings. The lowest BCUT2D eigenvalue weighted by molar-refractivity contribution is -0.0191. The molecule has 2 atom stereocenters. The van der Waals surface area contributed by atoms with E-state index in [-0.39, 0.29) is 12.3 Å². The summed E-state index contributed by atoms with van der Waals surface area (Å²) in [5, 5.41) is 7.11. The fraction of sp³-hybridized carbons (Fsp3) is 0.240. The van der Waals surface area contributed by atoms with Gasteiger partial charge >= 0.3 is 0 Å². The Morgan fingerprint density at radius 1 is 0.933 bits per heavy atom. The van der Waals surface area contributed by atoms with Crippen LogP contribution in [0.5, 0.6) is 17.2 Å². The van der Waals surface area contributed by atoms with E-state index in [4.69, 9.17) is 19.3 Å². The normalized spacial score (nSPS) is 19.4. The van der Waals surface area contributed by atoms with Crippen molar-refractivity contribution < 1.29 is 14.2 Å². The number of hydrogen-bond donors (Lipinski definition) is 0. The van der Waals surface area contributed by atoms with Crippen LogP contribution in [0, 0.1) is 6.92 Å². The Hall–Kier alpha value is -3.47. The van der Waals surface area contributed by atoms with Crippen molar-refractivity contribution in [1.29, 1.82) is 0 Å². The van der Waals surface area contributed by atoms with Crippen molar-refractivity contribution in [3.8, 4) is 17.2 Å². The zero-order valence-corrected chi connectivity index (χ0v) is 17.3. The first-order valence-electron chi connectivity index (χ1n) is 10.1. The number of hydrazone groups is 1. The molecule has 0 radical (unpaired) electrons. The summed E-state index contributed by atoms with van der Waals surface area (Å²) >= 11 is 0. The van der Waals surface area contributed by atoms with Gasteiger partial charge in [-0.25, -0.2) is 5.01 Å². The number of para-hydroxylation sites is 1. The highest BCUT2D eigenvalue weighted by atomic mass is 16.5. The maximum atomic E-state index is 6.44. The number of aryl methyl sites for hydroxylation is 1. The Labute approximate surface area is 176 Å². The number of benzene rings is 3. The molecule has 2 aliphatic heterocycles. The third kappa shape index (κ3) is 3.07. The van der Waals surface area contributed by atoms with Crippen molar-refractivity contribution in [3.63, 3.8) is 0 Å². The zero-order chi connectivity index (χ0) is 20.7. The molecule has 0 aliphatic carbocycles. The minimum atomic E-state index is -0.341. The summed E-state index contributed by atoms with van der Waals surface area (Å²) in [6, 6.07) is 22.8. The van der Waals surface area contributed by atoms with Crippen molar-refractivity contribution in [1.82, 2.24) is 5.01 Å². The Morgan fingerprint density at radius 2 is 1.77 bits per heavy atom. The maximum absolute atomic E-state index is 6.44. The molecule has 0 spiro atoms. The Balaban J connectivity index is 1.59. The van der Waals surface area contributed by atoms with Crippen molar-refractivity contribution >= 4 is 5.71 Å². The summed E-state index contributed by atoms with van der Waals surface area (Å²) in [5.41, 5.74) is 5.61. The Bertz CT molecular complexity index is 1120. The van der Waals surface area contributed by atoms with E-state index in [1.54, 1.807) is 14.2 Å². The number of ether oxygens (including phenoxy) is 3. The van der Waals surface area contributed by atoms with E-state index >= 15 is 0 Å². The van der Waals surface area contributed by atoms with Gasteiger partial charge < -0.3 is 14.2 Å². The van der Waals surface area contributed by atoms with Crippen molar-refractivity contribution in [2.24, 2.45) is 5.10 Å². The van der Waals surface area contributed by atoms with Crippen LogP contribution < -0.4 is 14.2 Å².